The topological polar surface area (TPSA) is 78.9 Å². The van der Waals surface area contributed by atoms with E-state index >= 15 is 0 Å². The number of nitrogens with zero attached hydrogens (tertiary/aromatic N) is 1. The van der Waals surface area contributed by atoms with Crippen molar-refractivity contribution in [1.82, 2.24) is 10.4 Å². The molecule has 0 aromatic carbocycles. The summed E-state index contributed by atoms with van der Waals surface area (Å²) in [6.45, 7) is -0.703. The first-order valence-electron chi connectivity index (χ1n) is 3.28. The highest BCUT2D eigenvalue weighted by atomic mass is 16.5. The van der Waals surface area contributed by atoms with Gasteiger partial charge in [0.2, 0.25) is 0 Å². The Bertz CT molecular complexity index is 169. The van der Waals surface area contributed by atoms with Crippen LogP contribution in [0.25, 0.3) is 0 Å². The molecule has 0 atom stereocenters. The minimum atomic E-state index is -1.09. The number of rotatable bonds is 5. The Kier molecular flexibility index (Phi) is 4.98. The molecule has 2 N–H and O–H groups in total. The van der Waals surface area contributed by atoms with Gasteiger partial charge in [0, 0.05) is 14.1 Å². The predicted molar refractivity (Wildman–Crippen MR) is 40.3 cm³/mol. The highest BCUT2D eigenvalue weighted by molar-refractivity contribution is 5.77. The molecule has 0 fully saturated rings. The third-order valence-electron chi connectivity index (χ3n) is 0.807. The molecule has 0 bridgehead atoms. The van der Waals surface area contributed by atoms with E-state index in [2.05, 4.69) is 10.2 Å². The van der Waals surface area contributed by atoms with Crippen LogP contribution < -0.4 is 5.43 Å². The van der Waals surface area contributed by atoms with Crippen LogP contribution in [0, 0.1) is 0 Å². The molecular formula is C6H12N2O4. The van der Waals surface area contributed by atoms with Gasteiger partial charge in [0.05, 0.1) is 0 Å². The summed E-state index contributed by atoms with van der Waals surface area (Å²) in [5, 5.41) is 9.59. The second-order valence-corrected chi connectivity index (χ2v) is 2.32. The standard InChI is InChI=1S/C6H12N2O4/c1-8(2)7-5(9)3-12-4-6(10)11/h3-4H2,1-2H3,(H,7,9)(H,10,11). The summed E-state index contributed by atoms with van der Waals surface area (Å²) in [4.78, 5) is 20.7. The van der Waals surface area contributed by atoms with Gasteiger partial charge < -0.3 is 9.84 Å². The second kappa shape index (κ2) is 5.50. The predicted octanol–water partition coefficient (Wildman–Crippen LogP) is -1.32. The summed E-state index contributed by atoms with van der Waals surface area (Å²) in [5.74, 6) is -1.46. The number of aliphatic carboxylic acids is 1. The van der Waals surface area contributed by atoms with Gasteiger partial charge in [0.1, 0.15) is 13.2 Å². The van der Waals surface area contributed by atoms with Crippen LogP contribution in [0.2, 0.25) is 0 Å². The van der Waals surface area contributed by atoms with Crippen molar-refractivity contribution >= 4 is 11.9 Å². The molecule has 12 heavy (non-hydrogen) atoms. The van der Waals surface area contributed by atoms with E-state index in [0.29, 0.717) is 0 Å². The molecular weight excluding hydrogens is 164 g/mol. The van der Waals surface area contributed by atoms with Crippen LogP contribution in [0.15, 0.2) is 0 Å². The van der Waals surface area contributed by atoms with Gasteiger partial charge in [-0.1, -0.05) is 0 Å². The highest BCUT2D eigenvalue weighted by Crippen LogP contribution is 1.76. The van der Waals surface area contributed by atoms with Crippen molar-refractivity contribution in [2.24, 2.45) is 0 Å². The molecule has 70 valence electrons. The zero-order chi connectivity index (χ0) is 9.56. The lowest BCUT2D eigenvalue weighted by molar-refractivity contribution is -0.144. The first-order chi connectivity index (χ1) is 5.52. The molecule has 1 amide bonds. The number of ether oxygens (including phenoxy) is 1. The van der Waals surface area contributed by atoms with Crippen LogP contribution in [-0.4, -0.2) is 49.3 Å². The summed E-state index contributed by atoms with van der Waals surface area (Å²) in [5.41, 5.74) is 2.39. The van der Waals surface area contributed by atoms with Crippen molar-refractivity contribution in [1.29, 1.82) is 0 Å². The number of nitrogens with one attached hydrogen (secondary N) is 1. The zero-order valence-electron chi connectivity index (χ0n) is 7.03. The van der Waals surface area contributed by atoms with E-state index in [1.54, 1.807) is 14.1 Å². The van der Waals surface area contributed by atoms with Gasteiger partial charge >= 0.3 is 5.97 Å². The smallest absolute Gasteiger partial charge is 0.329 e. The molecule has 0 spiro atoms. The Morgan fingerprint density at radius 1 is 1.42 bits per heavy atom. The Balaban J connectivity index is 3.38. The van der Waals surface area contributed by atoms with Crippen LogP contribution in [0.1, 0.15) is 0 Å². The summed E-state index contributed by atoms with van der Waals surface area (Å²) in [6.07, 6.45) is 0. The Morgan fingerprint density at radius 2 is 2.00 bits per heavy atom. The summed E-state index contributed by atoms with van der Waals surface area (Å²) >= 11 is 0. The van der Waals surface area contributed by atoms with Gasteiger partial charge in [0.25, 0.3) is 5.91 Å². The van der Waals surface area contributed by atoms with Crippen molar-refractivity contribution in [2.45, 2.75) is 0 Å². The fourth-order valence-corrected chi connectivity index (χ4v) is 0.513. The third kappa shape index (κ3) is 6.97. The van der Waals surface area contributed by atoms with Crippen LogP contribution >= 0.6 is 0 Å². The quantitative estimate of drug-likeness (QED) is 0.508. The Morgan fingerprint density at radius 3 is 2.42 bits per heavy atom. The number of hydrogen-bond acceptors (Lipinski definition) is 4. The van der Waals surface area contributed by atoms with Gasteiger partial charge in [-0.3, -0.25) is 10.2 Å². The fourth-order valence-electron chi connectivity index (χ4n) is 0.513. The van der Waals surface area contributed by atoms with Crippen LogP contribution in [0.3, 0.4) is 0 Å². The lowest BCUT2D eigenvalue weighted by atomic mass is 10.6. The van der Waals surface area contributed by atoms with Gasteiger partial charge in [-0.25, -0.2) is 9.80 Å². The van der Waals surface area contributed by atoms with Gasteiger partial charge in [-0.2, -0.15) is 0 Å². The summed E-state index contributed by atoms with van der Waals surface area (Å²) < 4.78 is 4.52. The molecule has 6 heteroatoms. The van der Waals surface area contributed by atoms with Crippen LogP contribution in [-0.2, 0) is 14.3 Å². The molecule has 0 unspecified atom stereocenters. The number of hydrogen-bond donors (Lipinski definition) is 2. The molecule has 0 saturated carbocycles. The van der Waals surface area contributed by atoms with E-state index in [4.69, 9.17) is 5.11 Å². The SMILES string of the molecule is CN(C)NC(=O)COCC(=O)O. The minimum Gasteiger partial charge on any atom is -0.480 e. The molecule has 0 radical (unpaired) electrons. The molecule has 0 aromatic rings. The molecule has 0 saturated heterocycles. The first-order valence-corrected chi connectivity index (χ1v) is 3.28. The van der Waals surface area contributed by atoms with E-state index < -0.39 is 12.6 Å². The number of carboxylic acids is 1. The maximum atomic E-state index is 10.8. The van der Waals surface area contributed by atoms with E-state index in [-0.39, 0.29) is 12.5 Å². The van der Waals surface area contributed by atoms with E-state index in [1.165, 1.54) is 5.01 Å². The molecule has 0 aliphatic carbocycles. The summed E-state index contributed by atoms with van der Waals surface area (Å²) in [6, 6.07) is 0. The van der Waals surface area contributed by atoms with Crippen LogP contribution in [0.4, 0.5) is 0 Å². The number of carbonyl (C=O) groups excluding carboxylic acids is 1. The largest absolute Gasteiger partial charge is 0.480 e. The van der Waals surface area contributed by atoms with E-state index in [0.717, 1.165) is 0 Å². The number of hydrazine groups is 1. The Labute approximate surface area is 70.1 Å². The monoisotopic (exact) mass is 176 g/mol. The summed E-state index contributed by atoms with van der Waals surface area (Å²) in [7, 11) is 3.30. The average molecular weight is 176 g/mol. The van der Waals surface area contributed by atoms with Crippen molar-refractivity contribution < 1.29 is 19.4 Å². The molecule has 0 heterocycles. The van der Waals surface area contributed by atoms with E-state index in [9.17, 15) is 9.59 Å². The molecule has 0 aromatic heterocycles. The van der Waals surface area contributed by atoms with Crippen molar-refractivity contribution in [2.75, 3.05) is 27.3 Å². The Hall–Kier alpha value is -1.14. The van der Waals surface area contributed by atoms with Gasteiger partial charge in [0.15, 0.2) is 0 Å². The second-order valence-electron chi connectivity index (χ2n) is 2.32. The van der Waals surface area contributed by atoms with E-state index in [1.807, 2.05) is 0 Å². The fraction of sp³-hybridized carbons (Fsp3) is 0.667. The normalized spacial score (nSPS) is 9.92. The maximum Gasteiger partial charge on any atom is 0.329 e. The lowest BCUT2D eigenvalue weighted by Gasteiger charge is -2.10. The maximum absolute atomic E-state index is 10.8. The molecule has 0 aliphatic heterocycles. The third-order valence-corrected chi connectivity index (χ3v) is 0.807. The van der Waals surface area contributed by atoms with Crippen molar-refractivity contribution in [3.05, 3.63) is 0 Å². The average Bonchev–Trinajstić information content (AvgIpc) is 1.84. The zero-order valence-corrected chi connectivity index (χ0v) is 7.03. The highest BCUT2D eigenvalue weighted by Gasteiger charge is 2.03. The molecule has 0 aliphatic rings. The number of carbonyl (C=O) groups is 2. The van der Waals surface area contributed by atoms with Crippen LogP contribution in [0.5, 0.6) is 0 Å². The van der Waals surface area contributed by atoms with Gasteiger partial charge in [-0.05, 0) is 0 Å². The van der Waals surface area contributed by atoms with Crippen molar-refractivity contribution in [3.8, 4) is 0 Å². The molecule has 6 nitrogen and oxygen atoms in total. The lowest BCUT2D eigenvalue weighted by Crippen LogP contribution is -2.38. The first kappa shape index (κ1) is 10.9. The number of carboxylic acid groups (broad SMARTS) is 1. The molecule has 0 rings (SSSR count). The van der Waals surface area contributed by atoms with Crippen molar-refractivity contribution in [3.63, 3.8) is 0 Å². The minimum absolute atomic E-state index is 0.246. The number of amides is 1. The van der Waals surface area contributed by atoms with Gasteiger partial charge in [-0.15, -0.1) is 0 Å².